The molecule has 0 aliphatic carbocycles. The average Bonchev–Trinajstić information content (AvgIpc) is 2.91. The number of rotatable bonds is 12. The van der Waals surface area contributed by atoms with Crippen molar-refractivity contribution in [3.63, 3.8) is 0 Å². The molecule has 7 nitrogen and oxygen atoms in total. The number of nitrogen functional groups attached to an aromatic ring is 1. The fraction of sp³-hybridized carbons (Fsp3) is 0.267. The molecule has 0 radical (unpaired) electrons. The van der Waals surface area contributed by atoms with Crippen LogP contribution in [0.5, 0.6) is 0 Å². The van der Waals surface area contributed by atoms with Crippen molar-refractivity contribution >= 4 is 27.5 Å². The van der Waals surface area contributed by atoms with Crippen LogP contribution in [0.3, 0.4) is 0 Å². The Morgan fingerprint density at radius 2 is 1.47 bits per heavy atom. The lowest BCUT2D eigenvalue weighted by atomic mass is 10.1. The number of anilines is 3. The van der Waals surface area contributed by atoms with Gasteiger partial charge in [0, 0.05) is 24.3 Å². The molecule has 3 N–H and O–H groups in total. The Hall–Kier alpha value is -3.91. The minimum Gasteiger partial charge on any atom is -0.370 e. The first-order valence-electron chi connectivity index (χ1n) is 12.9. The van der Waals surface area contributed by atoms with Gasteiger partial charge in [-0.3, -0.25) is 4.31 Å². The Morgan fingerprint density at radius 3 is 2.16 bits per heavy atom. The largest absolute Gasteiger partial charge is 0.370 e. The maximum atomic E-state index is 13.6. The normalized spacial score (nSPS) is 11.3. The smallest absolute Gasteiger partial charge is 0.264 e. The maximum Gasteiger partial charge on any atom is 0.264 e. The van der Waals surface area contributed by atoms with Crippen LogP contribution in [0.1, 0.15) is 35.2 Å². The lowest BCUT2D eigenvalue weighted by Crippen LogP contribution is -2.32. The lowest BCUT2D eigenvalue weighted by molar-refractivity contribution is 0.589. The monoisotopic (exact) mass is 529 g/mol. The van der Waals surface area contributed by atoms with Crippen LogP contribution >= 0.6 is 0 Å². The molecule has 0 atom stereocenters. The van der Waals surface area contributed by atoms with Crippen LogP contribution in [0.15, 0.2) is 89.8 Å². The van der Waals surface area contributed by atoms with E-state index in [4.69, 9.17) is 5.73 Å². The van der Waals surface area contributed by atoms with E-state index in [1.54, 1.807) is 12.1 Å². The number of aromatic nitrogens is 2. The fourth-order valence-corrected chi connectivity index (χ4v) is 5.93. The van der Waals surface area contributed by atoms with Gasteiger partial charge in [-0.25, -0.2) is 13.4 Å². The Morgan fingerprint density at radius 1 is 0.816 bits per heavy atom. The van der Waals surface area contributed by atoms with Crippen molar-refractivity contribution in [2.24, 2.45) is 0 Å². The molecule has 0 saturated heterocycles. The average molecular weight is 530 g/mol. The summed E-state index contributed by atoms with van der Waals surface area (Å²) in [5.74, 6) is 0.945. The van der Waals surface area contributed by atoms with Crippen molar-refractivity contribution in [2.75, 3.05) is 28.4 Å². The number of sulfonamides is 1. The molecule has 0 saturated carbocycles. The third-order valence-corrected chi connectivity index (χ3v) is 8.29. The van der Waals surface area contributed by atoms with Crippen LogP contribution in [0, 0.1) is 13.8 Å². The number of aryl methyl sites for hydroxylation is 3. The maximum absolute atomic E-state index is 13.6. The zero-order chi connectivity index (χ0) is 27.0. The molecule has 0 bridgehead atoms. The molecule has 4 rings (SSSR count). The summed E-state index contributed by atoms with van der Waals surface area (Å²) < 4.78 is 28.7. The van der Waals surface area contributed by atoms with E-state index in [2.05, 4.69) is 27.4 Å². The molecule has 0 aliphatic rings. The van der Waals surface area contributed by atoms with Crippen molar-refractivity contribution in [1.29, 1.82) is 0 Å². The van der Waals surface area contributed by atoms with E-state index in [9.17, 15) is 8.42 Å². The zero-order valence-electron chi connectivity index (χ0n) is 22.0. The van der Waals surface area contributed by atoms with Gasteiger partial charge >= 0.3 is 0 Å². The molecular weight excluding hydrogens is 494 g/mol. The van der Waals surface area contributed by atoms with Crippen LogP contribution in [0.25, 0.3) is 0 Å². The number of benzene rings is 3. The third kappa shape index (κ3) is 6.89. The van der Waals surface area contributed by atoms with Gasteiger partial charge in [0.25, 0.3) is 10.0 Å². The lowest BCUT2D eigenvalue weighted by Gasteiger charge is -2.25. The molecule has 0 unspecified atom stereocenters. The molecule has 0 fully saturated rings. The summed E-state index contributed by atoms with van der Waals surface area (Å²) in [7, 11) is -3.73. The summed E-state index contributed by atoms with van der Waals surface area (Å²) in [5, 5.41) is 3.43. The molecule has 198 valence electrons. The van der Waals surface area contributed by atoms with Gasteiger partial charge < -0.3 is 11.1 Å². The van der Waals surface area contributed by atoms with Gasteiger partial charge in [-0.15, -0.1) is 0 Å². The highest BCUT2D eigenvalue weighted by Crippen LogP contribution is 2.26. The molecular formula is C30H35N5O2S. The minimum atomic E-state index is -3.73. The first kappa shape index (κ1) is 27.1. The Kier molecular flexibility index (Phi) is 8.97. The summed E-state index contributed by atoms with van der Waals surface area (Å²) in [5.41, 5.74) is 10.7. The first-order chi connectivity index (χ1) is 18.3. The van der Waals surface area contributed by atoms with Crippen LogP contribution in [-0.4, -0.2) is 31.5 Å². The van der Waals surface area contributed by atoms with Gasteiger partial charge in [-0.05, 0) is 69.4 Å². The van der Waals surface area contributed by atoms with Crippen molar-refractivity contribution in [2.45, 2.75) is 44.4 Å². The van der Waals surface area contributed by atoms with Gasteiger partial charge in [-0.1, -0.05) is 66.2 Å². The Balaban J connectivity index is 1.47. The standard InChI is InChI=1S/C30H35N5O2S/c1-23-17-19-27(20-18-23)38(36,37)35(26-14-7-4-8-15-26)22-10-16-28-24(2)33-30(31)34-29(28)32-21-9-13-25-11-5-3-6-12-25/h3-8,11-12,14-15,17-20H,9-10,13,16,21-22H2,1-2H3,(H3,31,32,33,34). The highest BCUT2D eigenvalue weighted by Gasteiger charge is 2.25. The van der Waals surface area contributed by atoms with Crippen molar-refractivity contribution < 1.29 is 8.42 Å². The molecule has 3 aromatic carbocycles. The van der Waals surface area contributed by atoms with Gasteiger partial charge in [0.15, 0.2) is 0 Å². The summed E-state index contributed by atoms with van der Waals surface area (Å²) in [4.78, 5) is 9.11. The molecule has 1 heterocycles. The predicted molar refractivity (Wildman–Crippen MR) is 155 cm³/mol. The Bertz CT molecular complexity index is 1430. The molecule has 8 heteroatoms. The second-order valence-electron chi connectivity index (χ2n) is 9.34. The molecule has 0 spiro atoms. The minimum absolute atomic E-state index is 0.227. The molecule has 0 aliphatic heterocycles. The van der Waals surface area contributed by atoms with E-state index in [1.807, 2.05) is 74.5 Å². The van der Waals surface area contributed by atoms with Gasteiger partial charge in [0.05, 0.1) is 10.6 Å². The van der Waals surface area contributed by atoms with Crippen molar-refractivity contribution in [3.05, 3.63) is 107 Å². The highest BCUT2D eigenvalue weighted by atomic mass is 32.2. The van der Waals surface area contributed by atoms with Gasteiger partial charge in [0.1, 0.15) is 5.82 Å². The molecule has 4 aromatic rings. The topological polar surface area (TPSA) is 101 Å². The van der Waals surface area contributed by atoms with E-state index >= 15 is 0 Å². The number of nitrogens with zero attached hydrogens (tertiary/aromatic N) is 3. The van der Waals surface area contributed by atoms with E-state index in [0.29, 0.717) is 25.1 Å². The zero-order valence-corrected chi connectivity index (χ0v) is 22.8. The number of nitrogens with one attached hydrogen (secondary N) is 1. The summed E-state index contributed by atoms with van der Waals surface area (Å²) >= 11 is 0. The first-order valence-corrected chi connectivity index (χ1v) is 14.3. The Labute approximate surface area is 225 Å². The number of nitrogens with two attached hydrogens (primary N) is 1. The quantitative estimate of drug-likeness (QED) is 0.233. The summed E-state index contributed by atoms with van der Waals surface area (Å²) in [6.45, 7) is 4.92. The third-order valence-electron chi connectivity index (χ3n) is 6.45. The number of para-hydroxylation sites is 1. The second-order valence-corrected chi connectivity index (χ2v) is 11.2. The van der Waals surface area contributed by atoms with Crippen LogP contribution < -0.4 is 15.4 Å². The molecule has 38 heavy (non-hydrogen) atoms. The SMILES string of the molecule is Cc1ccc(S(=O)(=O)N(CCCc2c(C)nc(N)nc2NCCCc2ccccc2)c2ccccc2)cc1. The van der Waals surface area contributed by atoms with Gasteiger partial charge in [0.2, 0.25) is 5.95 Å². The number of hydrogen-bond donors (Lipinski definition) is 2. The summed E-state index contributed by atoms with van der Waals surface area (Å²) in [6, 6.07) is 26.6. The summed E-state index contributed by atoms with van der Waals surface area (Å²) in [6.07, 6.45) is 3.11. The highest BCUT2D eigenvalue weighted by molar-refractivity contribution is 7.92. The van der Waals surface area contributed by atoms with E-state index in [-0.39, 0.29) is 10.8 Å². The van der Waals surface area contributed by atoms with Crippen molar-refractivity contribution in [3.8, 4) is 0 Å². The second kappa shape index (κ2) is 12.6. The predicted octanol–water partition coefficient (Wildman–Crippen LogP) is 5.55. The van der Waals surface area contributed by atoms with Gasteiger partial charge in [-0.2, -0.15) is 4.98 Å². The molecule has 0 amide bonds. The van der Waals surface area contributed by atoms with Crippen LogP contribution in [0.2, 0.25) is 0 Å². The fourth-order valence-electron chi connectivity index (χ4n) is 4.43. The van der Waals surface area contributed by atoms with Crippen LogP contribution in [-0.2, 0) is 22.9 Å². The van der Waals surface area contributed by atoms with E-state index in [0.717, 1.165) is 42.0 Å². The van der Waals surface area contributed by atoms with Crippen LogP contribution in [0.4, 0.5) is 17.5 Å². The van der Waals surface area contributed by atoms with E-state index in [1.165, 1.54) is 9.87 Å². The molecule has 1 aromatic heterocycles. The number of hydrogen-bond acceptors (Lipinski definition) is 6. The van der Waals surface area contributed by atoms with E-state index < -0.39 is 10.0 Å². The van der Waals surface area contributed by atoms with Crippen molar-refractivity contribution in [1.82, 2.24) is 9.97 Å².